The monoisotopic (exact) mass is 271 g/mol. The quantitative estimate of drug-likeness (QED) is 0.805. The maximum atomic E-state index is 13.9. The van der Waals surface area contributed by atoms with Gasteiger partial charge < -0.3 is 5.32 Å². The zero-order valence-electron chi connectivity index (χ0n) is 12.8. The van der Waals surface area contributed by atoms with Crippen molar-refractivity contribution >= 4 is 5.69 Å². The highest BCUT2D eigenvalue weighted by Gasteiger charge is 2.13. The van der Waals surface area contributed by atoms with Crippen molar-refractivity contribution in [2.45, 2.75) is 40.7 Å². The summed E-state index contributed by atoms with van der Waals surface area (Å²) >= 11 is 0. The zero-order chi connectivity index (χ0) is 14.9. The van der Waals surface area contributed by atoms with Gasteiger partial charge >= 0.3 is 0 Å². The summed E-state index contributed by atoms with van der Waals surface area (Å²) in [5.41, 5.74) is 6.49. The molecule has 1 unspecified atom stereocenters. The maximum Gasteiger partial charge on any atom is 0.146 e. The van der Waals surface area contributed by atoms with E-state index in [1.807, 2.05) is 13.0 Å². The van der Waals surface area contributed by atoms with E-state index in [-0.39, 0.29) is 11.9 Å². The van der Waals surface area contributed by atoms with Gasteiger partial charge in [-0.15, -0.1) is 0 Å². The van der Waals surface area contributed by atoms with Crippen molar-refractivity contribution in [2.75, 3.05) is 5.32 Å². The number of benzene rings is 2. The van der Waals surface area contributed by atoms with Crippen LogP contribution in [0.1, 0.15) is 40.8 Å². The summed E-state index contributed by atoms with van der Waals surface area (Å²) in [4.78, 5) is 0. The molecule has 0 heterocycles. The molecule has 2 rings (SSSR count). The molecule has 0 amide bonds. The van der Waals surface area contributed by atoms with Gasteiger partial charge in [-0.3, -0.25) is 0 Å². The van der Waals surface area contributed by atoms with Gasteiger partial charge in [-0.25, -0.2) is 4.39 Å². The first kappa shape index (κ1) is 14.6. The third-order valence-electron chi connectivity index (χ3n) is 3.67. The van der Waals surface area contributed by atoms with Crippen LogP contribution in [0.4, 0.5) is 10.1 Å². The first-order valence-electron chi connectivity index (χ1n) is 6.99. The van der Waals surface area contributed by atoms with Gasteiger partial charge in [0.15, 0.2) is 0 Å². The second-order valence-corrected chi connectivity index (χ2v) is 5.66. The van der Waals surface area contributed by atoms with Gasteiger partial charge in [-0.05, 0) is 69.0 Å². The lowest BCUT2D eigenvalue weighted by Gasteiger charge is -2.21. The third-order valence-corrected chi connectivity index (χ3v) is 3.67. The molecular formula is C18H22FN. The summed E-state index contributed by atoms with van der Waals surface area (Å²) in [5, 5.41) is 3.28. The summed E-state index contributed by atoms with van der Waals surface area (Å²) in [6.45, 7) is 10.3. The Morgan fingerprint density at radius 3 is 2.05 bits per heavy atom. The van der Waals surface area contributed by atoms with E-state index < -0.39 is 0 Å². The van der Waals surface area contributed by atoms with Gasteiger partial charge in [-0.2, -0.15) is 0 Å². The topological polar surface area (TPSA) is 12.0 Å². The molecule has 0 spiro atoms. The predicted octanol–water partition coefficient (Wildman–Crippen LogP) is 5.23. The van der Waals surface area contributed by atoms with Gasteiger partial charge in [0, 0.05) is 6.04 Å². The standard InChI is InChI=1S/C18H22FN/c1-11-6-7-17(16(19)10-11)20-15(5)18-13(3)8-12(2)9-14(18)4/h6-10,15,20H,1-5H3. The molecule has 0 saturated heterocycles. The number of nitrogens with one attached hydrogen (secondary N) is 1. The van der Waals surface area contributed by atoms with Crippen LogP contribution in [0.5, 0.6) is 0 Å². The maximum absolute atomic E-state index is 13.9. The van der Waals surface area contributed by atoms with Gasteiger partial charge in [0.2, 0.25) is 0 Å². The van der Waals surface area contributed by atoms with Crippen molar-refractivity contribution in [3.63, 3.8) is 0 Å². The molecule has 0 saturated carbocycles. The molecule has 0 radical (unpaired) electrons. The summed E-state index contributed by atoms with van der Waals surface area (Å²) in [6.07, 6.45) is 0. The molecule has 0 fully saturated rings. The fourth-order valence-electron chi connectivity index (χ4n) is 2.92. The number of anilines is 1. The molecule has 1 nitrogen and oxygen atoms in total. The Kier molecular flexibility index (Phi) is 4.12. The molecule has 2 aromatic rings. The lowest BCUT2D eigenvalue weighted by atomic mass is 9.94. The summed E-state index contributed by atoms with van der Waals surface area (Å²) in [6, 6.07) is 9.71. The Balaban J connectivity index is 2.31. The minimum atomic E-state index is -0.195. The molecule has 0 aliphatic heterocycles. The number of hydrogen-bond acceptors (Lipinski definition) is 1. The molecule has 2 aromatic carbocycles. The number of halogens is 1. The first-order valence-corrected chi connectivity index (χ1v) is 6.99. The van der Waals surface area contributed by atoms with E-state index in [4.69, 9.17) is 0 Å². The van der Waals surface area contributed by atoms with E-state index in [9.17, 15) is 4.39 Å². The Morgan fingerprint density at radius 1 is 0.900 bits per heavy atom. The lowest BCUT2D eigenvalue weighted by Crippen LogP contribution is -2.11. The summed E-state index contributed by atoms with van der Waals surface area (Å²) < 4.78 is 13.9. The molecule has 0 aromatic heterocycles. The highest BCUT2D eigenvalue weighted by atomic mass is 19.1. The molecule has 0 aliphatic carbocycles. The van der Waals surface area contributed by atoms with Crippen molar-refractivity contribution in [3.05, 3.63) is 64.0 Å². The molecular weight excluding hydrogens is 249 g/mol. The van der Waals surface area contributed by atoms with Crippen molar-refractivity contribution in [2.24, 2.45) is 0 Å². The highest BCUT2D eigenvalue weighted by molar-refractivity contribution is 5.50. The van der Waals surface area contributed by atoms with E-state index in [0.717, 1.165) is 5.56 Å². The second kappa shape index (κ2) is 5.66. The minimum Gasteiger partial charge on any atom is -0.376 e. The van der Waals surface area contributed by atoms with Crippen LogP contribution in [0, 0.1) is 33.5 Å². The Hall–Kier alpha value is -1.83. The van der Waals surface area contributed by atoms with E-state index in [0.29, 0.717) is 5.69 Å². The van der Waals surface area contributed by atoms with Crippen LogP contribution in [-0.4, -0.2) is 0 Å². The van der Waals surface area contributed by atoms with Gasteiger partial charge in [0.25, 0.3) is 0 Å². The number of rotatable bonds is 3. The van der Waals surface area contributed by atoms with Crippen molar-refractivity contribution in [3.8, 4) is 0 Å². The van der Waals surface area contributed by atoms with Crippen molar-refractivity contribution < 1.29 is 4.39 Å². The van der Waals surface area contributed by atoms with Crippen LogP contribution in [0.25, 0.3) is 0 Å². The third kappa shape index (κ3) is 3.01. The molecule has 20 heavy (non-hydrogen) atoms. The van der Waals surface area contributed by atoms with Gasteiger partial charge in [0.1, 0.15) is 5.82 Å². The van der Waals surface area contributed by atoms with Crippen LogP contribution in [-0.2, 0) is 0 Å². The molecule has 0 bridgehead atoms. The molecule has 1 N–H and O–H groups in total. The van der Waals surface area contributed by atoms with Crippen molar-refractivity contribution in [1.82, 2.24) is 0 Å². The molecule has 2 heteroatoms. The largest absolute Gasteiger partial charge is 0.376 e. The van der Waals surface area contributed by atoms with Crippen LogP contribution < -0.4 is 5.32 Å². The fourth-order valence-corrected chi connectivity index (χ4v) is 2.92. The first-order chi connectivity index (χ1) is 9.38. The Morgan fingerprint density at radius 2 is 1.50 bits per heavy atom. The van der Waals surface area contributed by atoms with Crippen LogP contribution in [0.3, 0.4) is 0 Å². The van der Waals surface area contributed by atoms with E-state index in [2.05, 4.69) is 45.1 Å². The average molecular weight is 271 g/mol. The number of hydrogen-bond donors (Lipinski definition) is 1. The van der Waals surface area contributed by atoms with Crippen LogP contribution in [0.2, 0.25) is 0 Å². The SMILES string of the molecule is Cc1cc(C)c(C(C)Nc2ccc(C)cc2F)c(C)c1. The predicted molar refractivity (Wildman–Crippen MR) is 83.8 cm³/mol. The molecule has 1 atom stereocenters. The van der Waals surface area contributed by atoms with E-state index >= 15 is 0 Å². The summed E-state index contributed by atoms with van der Waals surface area (Å²) in [7, 11) is 0. The van der Waals surface area contributed by atoms with Gasteiger partial charge in [0.05, 0.1) is 5.69 Å². The summed E-state index contributed by atoms with van der Waals surface area (Å²) in [5.74, 6) is -0.195. The lowest BCUT2D eigenvalue weighted by molar-refractivity contribution is 0.626. The zero-order valence-corrected chi connectivity index (χ0v) is 12.8. The average Bonchev–Trinajstić information content (AvgIpc) is 2.31. The Bertz CT molecular complexity index is 608. The minimum absolute atomic E-state index is 0.0767. The smallest absolute Gasteiger partial charge is 0.146 e. The number of aryl methyl sites for hydroxylation is 4. The highest BCUT2D eigenvalue weighted by Crippen LogP contribution is 2.27. The molecule has 0 aliphatic rings. The Labute approximate surface area is 120 Å². The van der Waals surface area contributed by atoms with Crippen molar-refractivity contribution in [1.29, 1.82) is 0 Å². The van der Waals surface area contributed by atoms with Crippen LogP contribution in [0.15, 0.2) is 30.3 Å². The van der Waals surface area contributed by atoms with E-state index in [1.165, 1.54) is 22.3 Å². The second-order valence-electron chi connectivity index (χ2n) is 5.66. The van der Waals surface area contributed by atoms with Gasteiger partial charge in [-0.1, -0.05) is 23.8 Å². The fraction of sp³-hybridized carbons (Fsp3) is 0.333. The van der Waals surface area contributed by atoms with E-state index in [1.54, 1.807) is 12.1 Å². The van der Waals surface area contributed by atoms with Crippen LogP contribution >= 0.6 is 0 Å². The normalized spacial score (nSPS) is 12.3. The molecule has 106 valence electrons.